The molecular weight excluding hydrogens is 1540 g/mol. The Balaban J connectivity index is 0.000000192. The minimum absolute atomic E-state index is 0.0347. The molecule has 0 aromatic carbocycles. The van der Waals surface area contributed by atoms with Gasteiger partial charge >= 0.3 is 23.9 Å². The molecule has 0 aliphatic heterocycles. The van der Waals surface area contributed by atoms with Crippen LogP contribution < -0.4 is 32.7 Å². The van der Waals surface area contributed by atoms with Gasteiger partial charge in [-0.25, -0.2) is 46.5 Å². The summed E-state index contributed by atoms with van der Waals surface area (Å²) in [5.41, 5.74) is 24.1. The highest BCUT2D eigenvalue weighted by atomic mass is 79.9. The molecule has 4 atom stereocenters. The summed E-state index contributed by atoms with van der Waals surface area (Å²) in [6.45, 7) is 32.0. The number of nitrogen functional groups attached to an aromatic ring is 2. The van der Waals surface area contributed by atoms with Crippen molar-refractivity contribution in [3.8, 4) is 44.5 Å². The number of carbonyl (C=O) groups excluding carboxylic acids is 2. The number of hydrogen-bond acceptors (Lipinski definition) is 22. The van der Waals surface area contributed by atoms with Gasteiger partial charge in [0.05, 0.1) is 120 Å². The molecule has 0 radical (unpaired) electrons. The molecule has 0 spiro atoms. The van der Waals surface area contributed by atoms with Crippen molar-refractivity contribution in [3.05, 3.63) is 146 Å². The van der Waals surface area contributed by atoms with E-state index in [-0.39, 0.29) is 48.7 Å². The van der Waals surface area contributed by atoms with Gasteiger partial charge < -0.3 is 72.1 Å². The van der Waals surface area contributed by atoms with Crippen LogP contribution in [0.2, 0.25) is 0 Å². The van der Waals surface area contributed by atoms with Gasteiger partial charge in [0.15, 0.2) is 0 Å². The minimum atomic E-state index is -0.976. The molecule has 4 unspecified atom stereocenters. The van der Waals surface area contributed by atoms with Gasteiger partial charge in [0.1, 0.15) is 60.3 Å². The summed E-state index contributed by atoms with van der Waals surface area (Å²) in [5.74, 6) is -2.54. The summed E-state index contributed by atoms with van der Waals surface area (Å²) in [7, 11) is 0. The number of aromatic nitrogens is 16. The zero-order chi connectivity index (χ0) is 78.7. The van der Waals surface area contributed by atoms with Gasteiger partial charge in [0.2, 0.25) is 24.2 Å². The lowest BCUT2D eigenvalue weighted by atomic mass is 10.1. The second kappa shape index (κ2) is 40.0. The van der Waals surface area contributed by atoms with Crippen molar-refractivity contribution in [2.75, 3.05) is 82.9 Å². The molecule has 0 aliphatic rings. The van der Waals surface area contributed by atoms with Crippen molar-refractivity contribution in [2.24, 2.45) is 0 Å². The lowest BCUT2D eigenvalue weighted by molar-refractivity contribution is -0.135. The third-order valence-electron chi connectivity index (χ3n) is 15.1. The molecule has 12 N–H and O–H groups in total. The van der Waals surface area contributed by atoms with Gasteiger partial charge in [0, 0.05) is 95.7 Å². The zero-order valence-corrected chi connectivity index (χ0v) is 62.7. The van der Waals surface area contributed by atoms with E-state index in [4.69, 9.17) is 64.0 Å². The molecule has 12 rings (SSSR count). The Hall–Kier alpha value is -12.6. The van der Waals surface area contributed by atoms with E-state index in [9.17, 15) is 28.8 Å². The second-order valence-electron chi connectivity index (χ2n) is 22.3. The Morgan fingerprint density at radius 1 is 0.481 bits per heavy atom. The Morgan fingerprint density at radius 2 is 0.852 bits per heavy atom. The number of carboxylic acid groups (broad SMARTS) is 4. The Kier molecular flexibility index (Phi) is 30.7. The molecule has 0 fully saturated rings. The van der Waals surface area contributed by atoms with Crippen LogP contribution in [0.3, 0.4) is 0 Å². The number of halogens is 2. The largest absolute Gasteiger partial charge is 0.481 e. The van der Waals surface area contributed by atoms with Gasteiger partial charge in [0.25, 0.3) is 0 Å². The van der Waals surface area contributed by atoms with Crippen molar-refractivity contribution in [1.29, 1.82) is 0 Å². The van der Waals surface area contributed by atoms with Crippen LogP contribution in [0.25, 0.3) is 76.3 Å². The van der Waals surface area contributed by atoms with Gasteiger partial charge in [-0.1, -0.05) is 31.9 Å². The highest BCUT2D eigenvalue weighted by molar-refractivity contribution is 9.09. The monoisotopic (exact) mass is 1610 g/mol. The molecule has 12 heterocycles. The molecule has 0 saturated carbocycles. The SMILES string of the molecule is CCOC(C)n1cc(-c2c(NC=O)cnn3c(N)ccc23)cn1.CCOC(C)n1cc(-c2c(NC=O)cnn3c(NCC(=O)O)ccc23)cn1.O=C(O)CBr.O=C(O)CBr.[C-]#[N+]c1cnn2cc(N)cc2c1-c1cnn(C(C)OCC)c1.[C-]#[N+]c1cnn2cc(NCC(=O)O)cc2c1-c1cnn(C(C)OCC)c1. The molecule has 12 aromatic rings. The normalized spacial score (nSPS) is 11.8. The predicted molar refractivity (Wildman–Crippen MR) is 407 cm³/mol. The standard InChI is InChI=1S/C17H20N6O4.C17H18N6O3.C15H18N6O2.C15H16N6O.2C2H3BrO2/c1-3-27-11(2)22-9-12(6-20-22)17-13(19-10-24)7-21-23-14(17)4-5-15(23)18-8-16(25)26;1-4-26-11(2)22-9-12(6-20-22)17-14(18-3)7-21-23-10-13(5-15(17)23)19-8-16(24)25;1-3-23-10(2)20-8-11(6-18-20)15-12(17-9-22)7-19-21-13(15)4-5-14(21)16;1-4-22-10(2)20-8-11(6-18-20)15-13(17-3)7-19-21-9-12(16)5-14(15)21;2*3-1-2(4)5/h4-7,9-11,18H,3,8H2,1-2H3,(H,19,24)(H,25,26);5-7,9-11,19H,4,8H2,1-2H3,(H,24,25);4-10H,3,16H2,1-2H3,(H,17,22);5-10H,4,16H2,1-2H3;2*1H2,(H,4,5). The van der Waals surface area contributed by atoms with E-state index in [1.807, 2.05) is 86.2 Å². The smallest absolute Gasteiger partial charge is 0.322 e. The number of hydrogen-bond donors (Lipinski definition) is 10. The molecule has 40 heteroatoms. The fourth-order valence-electron chi connectivity index (χ4n) is 10.5. The number of nitrogens with zero attached hydrogens (tertiary/aromatic N) is 18. The van der Waals surface area contributed by atoms with Crippen LogP contribution in [0.15, 0.2) is 123 Å². The van der Waals surface area contributed by atoms with Gasteiger partial charge in [-0.2, -0.15) is 40.8 Å². The molecule has 0 saturated heterocycles. The number of ether oxygens (including phenoxy) is 4. The van der Waals surface area contributed by atoms with E-state index in [0.717, 1.165) is 50.0 Å². The van der Waals surface area contributed by atoms with Crippen LogP contribution >= 0.6 is 31.9 Å². The molecular formula is C68H78Br2N24O14. The van der Waals surface area contributed by atoms with E-state index in [2.05, 4.69) is 104 Å². The quantitative estimate of drug-likeness (QED) is 0.0124. The number of rotatable bonds is 28. The average Bonchev–Trinajstić information content (AvgIpc) is 1.63. The highest BCUT2D eigenvalue weighted by Gasteiger charge is 2.22. The van der Waals surface area contributed by atoms with E-state index < -0.39 is 23.9 Å². The number of alkyl halides is 2. The number of carboxylic acids is 4. The fraction of sp³-hybridized carbons (Fsp3) is 0.294. The minimum Gasteiger partial charge on any atom is -0.481 e. The summed E-state index contributed by atoms with van der Waals surface area (Å²) in [4.78, 5) is 69.2. The lowest BCUT2D eigenvalue weighted by Gasteiger charge is -2.12. The predicted octanol–water partition coefficient (Wildman–Crippen LogP) is 10.3. The molecule has 568 valence electrons. The number of aliphatic carboxylic acids is 4. The van der Waals surface area contributed by atoms with Gasteiger partial charge in [-0.05, 0) is 91.8 Å². The first-order chi connectivity index (χ1) is 51.9. The van der Waals surface area contributed by atoms with E-state index in [0.29, 0.717) is 102 Å². The maximum Gasteiger partial charge on any atom is 0.322 e. The number of nitrogens with one attached hydrogen (secondary N) is 4. The van der Waals surface area contributed by atoms with Gasteiger partial charge in [-0.15, -0.1) is 0 Å². The van der Waals surface area contributed by atoms with Crippen LogP contribution in [-0.4, -0.2) is 185 Å². The van der Waals surface area contributed by atoms with Crippen molar-refractivity contribution in [3.63, 3.8) is 0 Å². The average molecular weight is 1620 g/mol. The number of carbonyl (C=O) groups is 6. The third-order valence-corrected chi connectivity index (χ3v) is 16.1. The first-order valence-electron chi connectivity index (χ1n) is 32.7. The Bertz CT molecular complexity index is 5120. The zero-order valence-electron chi connectivity index (χ0n) is 59.5. The van der Waals surface area contributed by atoms with Crippen LogP contribution in [0.4, 0.5) is 45.8 Å². The van der Waals surface area contributed by atoms with Crippen molar-refractivity contribution >= 4 is 136 Å². The summed E-state index contributed by atoms with van der Waals surface area (Å²) < 4.78 is 35.5. The molecule has 0 bridgehead atoms. The molecule has 38 nitrogen and oxygen atoms in total. The topological polar surface area (TPSA) is 470 Å². The summed E-state index contributed by atoms with van der Waals surface area (Å²) in [5, 5.41) is 78.3. The number of amides is 2. The van der Waals surface area contributed by atoms with Crippen molar-refractivity contribution < 1.29 is 68.1 Å². The molecule has 12 aromatic heterocycles. The van der Waals surface area contributed by atoms with Crippen molar-refractivity contribution in [1.82, 2.24) is 77.6 Å². The first kappa shape index (κ1) is 82.7. The van der Waals surface area contributed by atoms with Crippen LogP contribution in [0.5, 0.6) is 0 Å². The van der Waals surface area contributed by atoms with Crippen LogP contribution in [0, 0.1) is 13.1 Å². The maximum atomic E-state index is 11.0. The Labute approximate surface area is 632 Å². The number of nitrogens with two attached hydrogens (primary N) is 2. The molecule has 2 amide bonds. The van der Waals surface area contributed by atoms with E-state index >= 15 is 0 Å². The fourth-order valence-corrected chi connectivity index (χ4v) is 10.5. The van der Waals surface area contributed by atoms with Crippen LogP contribution in [-0.2, 0) is 47.7 Å². The molecule has 0 aliphatic carbocycles. The van der Waals surface area contributed by atoms with Crippen LogP contribution in [0.1, 0.15) is 80.3 Å². The van der Waals surface area contributed by atoms with E-state index in [1.165, 1.54) is 18.6 Å². The maximum absolute atomic E-state index is 11.0. The van der Waals surface area contributed by atoms with Gasteiger partial charge in [-0.3, -0.25) is 28.8 Å². The summed E-state index contributed by atoms with van der Waals surface area (Å²) >= 11 is 5.43. The molecule has 108 heavy (non-hydrogen) atoms. The summed E-state index contributed by atoms with van der Waals surface area (Å²) in [6, 6.07) is 10.7. The summed E-state index contributed by atoms with van der Waals surface area (Å²) in [6.07, 6.45) is 24.1. The lowest BCUT2D eigenvalue weighted by Crippen LogP contribution is -2.14. The van der Waals surface area contributed by atoms with Crippen molar-refractivity contribution in [2.45, 2.75) is 80.3 Å². The second-order valence-corrected chi connectivity index (χ2v) is 23.4. The highest BCUT2D eigenvalue weighted by Crippen LogP contribution is 2.39. The van der Waals surface area contributed by atoms with E-state index in [1.54, 1.807) is 110 Å². The number of fused-ring (bicyclic) bond motifs is 4. The Morgan fingerprint density at radius 3 is 1.24 bits per heavy atom. The first-order valence-corrected chi connectivity index (χ1v) is 35.0. The number of anilines is 6. The third kappa shape index (κ3) is 21.3.